The van der Waals surface area contributed by atoms with Gasteiger partial charge in [0.25, 0.3) is 5.91 Å². The number of nitrogens with one attached hydrogen (secondary N) is 1. The molecule has 120 valence electrons. The van der Waals surface area contributed by atoms with Crippen molar-refractivity contribution in [3.05, 3.63) is 89.5 Å². The number of hydrogen-bond donors (Lipinski definition) is 1. The van der Waals surface area contributed by atoms with Crippen LogP contribution in [0.5, 0.6) is 0 Å². The Kier molecular flexibility index (Phi) is 5.02. The molecule has 3 rings (SSSR count). The van der Waals surface area contributed by atoms with Crippen molar-refractivity contribution < 1.29 is 4.79 Å². The highest BCUT2D eigenvalue weighted by atomic mass is 32.2. The molecule has 0 spiro atoms. The van der Waals surface area contributed by atoms with Crippen molar-refractivity contribution >= 4 is 23.4 Å². The first-order valence-corrected chi connectivity index (χ1v) is 8.65. The Bertz CT molecular complexity index is 841. The van der Waals surface area contributed by atoms with Crippen LogP contribution >= 0.6 is 11.8 Å². The van der Waals surface area contributed by atoms with Crippen LogP contribution in [0.3, 0.4) is 0 Å². The van der Waals surface area contributed by atoms with Crippen LogP contribution in [-0.4, -0.2) is 5.91 Å². The Hall–Kier alpha value is -2.52. The van der Waals surface area contributed by atoms with Crippen molar-refractivity contribution in [2.24, 2.45) is 0 Å². The zero-order valence-electron chi connectivity index (χ0n) is 13.7. The van der Waals surface area contributed by atoms with Gasteiger partial charge in [-0.15, -0.1) is 0 Å². The van der Waals surface area contributed by atoms with E-state index >= 15 is 0 Å². The Morgan fingerprint density at radius 2 is 1.46 bits per heavy atom. The van der Waals surface area contributed by atoms with Crippen molar-refractivity contribution in [2.45, 2.75) is 23.6 Å². The second kappa shape index (κ2) is 7.37. The minimum atomic E-state index is -0.0924. The van der Waals surface area contributed by atoms with Crippen LogP contribution in [0.15, 0.2) is 82.6 Å². The SMILES string of the molecule is Cc1ccc(Sc2ccc(NC(=O)c3ccccc3)cc2)cc1C. The molecule has 0 heterocycles. The second-order valence-electron chi connectivity index (χ2n) is 5.69. The first kappa shape index (κ1) is 16.3. The quantitative estimate of drug-likeness (QED) is 0.663. The number of carbonyl (C=O) groups is 1. The lowest BCUT2D eigenvalue weighted by Crippen LogP contribution is -2.11. The number of amides is 1. The molecule has 2 nitrogen and oxygen atoms in total. The lowest BCUT2D eigenvalue weighted by atomic mass is 10.1. The van der Waals surface area contributed by atoms with Crippen LogP contribution in [0.4, 0.5) is 5.69 Å². The average molecular weight is 333 g/mol. The van der Waals surface area contributed by atoms with Crippen LogP contribution in [-0.2, 0) is 0 Å². The molecule has 0 atom stereocenters. The Morgan fingerprint density at radius 1 is 0.792 bits per heavy atom. The van der Waals surface area contributed by atoms with Crippen molar-refractivity contribution in [2.75, 3.05) is 5.32 Å². The van der Waals surface area contributed by atoms with E-state index in [1.165, 1.54) is 16.0 Å². The molecule has 0 fully saturated rings. The molecule has 24 heavy (non-hydrogen) atoms. The van der Waals surface area contributed by atoms with E-state index < -0.39 is 0 Å². The summed E-state index contributed by atoms with van der Waals surface area (Å²) in [5.74, 6) is -0.0924. The van der Waals surface area contributed by atoms with E-state index in [2.05, 4.69) is 37.4 Å². The number of benzene rings is 3. The first-order chi connectivity index (χ1) is 11.6. The third-order valence-corrected chi connectivity index (χ3v) is 4.86. The zero-order valence-corrected chi connectivity index (χ0v) is 14.6. The molecule has 0 aromatic heterocycles. The maximum Gasteiger partial charge on any atom is 0.255 e. The van der Waals surface area contributed by atoms with Crippen LogP contribution < -0.4 is 5.32 Å². The predicted molar refractivity (Wildman–Crippen MR) is 101 cm³/mol. The monoisotopic (exact) mass is 333 g/mol. The van der Waals surface area contributed by atoms with Crippen molar-refractivity contribution in [3.63, 3.8) is 0 Å². The van der Waals surface area contributed by atoms with E-state index in [-0.39, 0.29) is 5.91 Å². The van der Waals surface area contributed by atoms with Crippen LogP contribution in [0, 0.1) is 13.8 Å². The normalized spacial score (nSPS) is 10.4. The van der Waals surface area contributed by atoms with Gasteiger partial charge in [-0.05, 0) is 73.5 Å². The van der Waals surface area contributed by atoms with Gasteiger partial charge in [0.05, 0.1) is 0 Å². The van der Waals surface area contributed by atoms with E-state index in [0.29, 0.717) is 5.56 Å². The third kappa shape index (κ3) is 4.06. The molecule has 3 heteroatoms. The molecule has 0 saturated heterocycles. The minimum Gasteiger partial charge on any atom is -0.322 e. The summed E-state index contributed by atoms with van der Waals surface area (Å²) in [7, 11) is 0. The molecular formula is C21H19NOS. The molecule has 1 amide bonds. The van der Waals surface area contributed by atoms with Gasteiger partial charge >= 0.3 is 0 Å². The topological polar surface area (TPSA) is 29.1 Å². The first-order valence-electron chi connectivity index (χ1n) is 7.83. The van der Waals surface area contributed by atoms with Crippen molar-refractivity contribution in [1.82, 2.24) is 0 Å². The number of aryl methyl sites for hydroxylation is 2. The molecule has 0 aliphatic carbocycles. The number of anilines is 1. The van der Waals surface area contributed by atoms with Gasteiger partial charge < -0.3 is 5.32 Å². The summed E-state index contributed by atoms with van der Waals surface area (Å²) in [6, 6.07) is 23.6. The molecule has 1 N–H and O–H groups in total. The highest BCUT2D eigenvalue weighted by Crippen LogP contribution is 2.29. The highest BCUT2D eigenvalue weighted by molar-refractivity contribution is 7.99. The maximum atomic E-state index is 12.1. The van der Waals surface area contributed by atoms with Crippen LogP contribution in [0.1, 0.15) is 21.5 Å². The molecular weight excluding hydrogens is 314 g/mol. The van der Waals surface area contributed by atoms with Gasteiger partial charge in [-0.1, -0.05) is 36.0 Å². The molecule has 0 saturated carbocycles. The van der Waals surface area contributed by atoms with Gasteiger partial charge in [0, 0.05) is 21.0 Å². The van der Waals surface area contributed by atoms with Crippen molar-refractivity contribution in [1.29, 1.82) is 0 Å². The number of rotatable bonds is 4. The third-order valence-electron chi connectivity index (χ3n) is 3.86. The molecule has 0 unspecified atom stereocenters. The fourth-order valence-corrected chi connectivity index (χ4v) is 3.23. The summed E-state index contributed by atoms with van der Waals surface area (Å²) < 4.78 is 0. The zero-order chi connectivity index (χ0) is 16.9. The van der Waals surface area contributed by atoms with Gasteiger partial charge in [-0.25, -0.2) is 0 Å². The lowest BCUT2D eigenvalue weighted by Gasteiger charge is -2.08. The average Bonchev–Trinajstić information content (AvgIpc) is 2.61. The molecule has 0 bridgehead atoms. The largest absolute Gasteiger partial charge is 0.322 e. The van der Waals surface area contributed by atoms with Crippen LogP contribution in [0.25, 0.3) is 0 Å². The van der Waals surface area contributed by atoms with Crippen LogP contribution in [0.2, 0.25) is 0 Å². The van der Waals surface area contributed by atoms with E-state index in [9.17, 15) is 4.79 Å². The van der Waals surface area contributed by atoms with Gasteiger partial charge in [0.1, 0.15) is 0 Å². The molecule has 0 aliphatic heterocycles. The van der Waals surface area contributed by atoms with Crippen molar-refractivity contribution in [3.8, 4) is 0 Å². The summed E-state index contributed by atoms with van der Waals surface area (Å²) in [4.78, 5) is 14.5. The smallest absolute Gasteiger partial charge is 0.255 e. The van der Waals surface area contributed by atoms with E-state index in [1.807, 2.05) is 42.5 Å². The Morgan fingerprint density at radius 3 is 2.12 bits per heavy atom. The Labute approximate surface area is 146 Å². The number of carbonyl (C=O) groups excluding carboxylic acids is 1. The number of hydrogen-bond acceptors (Lipinski definition) is 2. The fraction of sp³-hybridized carbons (Fsp3) is 0.0952. The van der Waals surface area contributed by atoms with E-state index in [4.69, 9.17) is 0 Å². The summed E-state index contributed by atoms with van der Waals surface area (Å²) >= 11 is 1.72. The summed E-state index contributed by atoms with van der Waals surface area (Å²) in [6.07, 6.45) is 0. The Balaban J connectivity index is 1.67. The van der Waals surface area contributed by atoms with Gasteiger partial charge in [-0.2, -0.15) is 0 Å². The van der Waals surface area contributed by atoms with Gasteiger partial charge in [-0.3, -0.25) is 4.79 Å². The van der Waals surface area contributed by atoms with E-state index in [0.717, 1.165) is 10.6 Å². The molecule has 3 aromatic carbocycles. The summed E-state index contributed by atoms with van der Waals surface area (Å²) in [5, 5.41) is 2.92. The van der Waals surface area contributed by atoms with Gasteiger partial charge in [0.2, 0.25) is 0 Å². The molecule has 0 radical (unpaired) electrons. The minimum absolute atomic E-state index is 0.0924. The molecule has 0 aliphatic rings. The summed E-state index contributed by atoms with van der Waals surface area (Å²) in [6.45, 7) is 4.25. The van der Waals surface area contributed by atoms with E-state index in [1.54, 1.807) is 23.9 Å². The highest BCUT2D eigenvalue weighted by Gasteiger charge is 2.05. The second-order valence-corrected chi connectivity index (χ2v) is 6.84. The lowest BCUT2D eigenvalue weighted by molar-refractivity contribution is 0.102. The summed E-state index contributed by atoms with van der Waals surface area (Å²) in [5.41, 5.74) is 4.06. The maximum absolute atomic E-state index is 12.1. The fourth-order valence-electron chi connectivity index (χ4n) is 2.31. The van der Waals surface area contributed by atoms with Gasteiger partial charge in [0.15, 0.2) is 0 Å². The standard InChI is InChI=1S/C21H19NOS/c1-15-8-11-20(14-16(15)2)24-19-12-9-18(10-13-19)22-21(23)17-6-4-3-5-7-17/h3-14H,1-2H3,(H,22,23). The molecule has 3 aromatic rings. The predicted octanol–water partition coefficient (Wildman–Crippen LogP) is 5.71.